The van der Waals surface area contributed by atoms with Crippen LogP contribution in [0, 0.1) is 18.6 Å². The largest absolute Gasteiger partial charge is 0.462 e. The number of benzene rings is 1. The van der Waals surface area contributed by atoms with Gasteiger partial charge in [0.1, 0.15) is 22.5 Å². The highest BCUT2D eigenvalue weighted by Gasteiger charge is 2.28. The first kappa shape index (κ1) is 29.3. The second kappa shape index (κ2) is 12.5. The molecule has 10 nitrogen and oxygen atoms in total. The third-order valence-corrected chi connectivity index (χ3v) is 8.27. The summed E-state index contributed by atoms with van der Waals surface area (Å²) in [6, 6.07) is 5.88. The lowest BCUT2D eigenvalue weighted by Crippen LogP contribution is -2.47. The molecule has 0 N–H and O–H groups in total. The Kier molecular flexibility index (Phi) is 8.51. The van der Waals surface area contributed by atoms with E-state index in [1.807, 2.05) is 18.5 Å². The number of piperazine rings is 1. The third-order valence-electron chi connectivity index (χ3n) is 8.27. The molecular weight excluding hydrogens is 556 g/mol. The molecule has 0 spiro atoms. The summed E-state index contributed by atoms with van der Waals surface area (Å²) in [5.41, 5.74) is 4.16. The van der Waals surface area contributed by atoms with Crippen LogP contribution in [0.4, 0.5) is 14.6 Å². The van der Waals surface area contributed by atoms with Crippen LogP contribution in [0.5, 0.6) is 0 Å². The van der Waals surface area contributed by atoms with Gasteiger partial charge in [0.2, 0.25) is 0 Å². The van der Waals surface area contributed by atoms with Gasteiger partial charge in [-0.3, -0.25) is 9.80 Å². The molecule has 12 heteroatoms. The quantitative estimate of drug-likeness (QED) is 0.285. The zero-order chi connectivity index (χ0) is 30.1. The van der Waals surface area contributed by atoms with Crippen molar-refractivity contribution in [3.63, 3.8) is 0 Å². The van der Waals surface area contributed by atoms with Crippen LogP contribution in [0.25, 0.3) is 22.1 Å². The SMILES string of the molecule is CCOC(=O)c1cc(C)nc2c1c1nc(CN3CCOCC3)nc(N3CCN(CCc4ccc(F)c(F)c4)CC3)c1n2C. The van der Waals surface area contributed by atoms with E-state index in [1.165, 1.54) is 12.1 Å². The Morgan fingerprint density at radius 3 is 2.47 bits per heavy atom. The van der Waals surface area contributed by atoms with Crippen LogP contribution in [0.15, 0.2) is 24.3 Å². The number of hydrogen-bond acceptors (Lipinski definition) is 9. The van der Waals surface area contributed by atoms with E-state index < -0.39 is 17.6 Å². The molecule has 0 amide bonds. The highest BCUT2D eigenvalue weighted by molar-refractivity contribution is 6.16. The van der Waals surface area contributed by atoms with Crippen molar-refractivity contribution in [3.05, 3.63) is 58.5 Å². The first-order valence-electron chi connectivity index (χ1n) is 14.9. The Hall–Kier alpha value is -3.74. The van der Waals surface area contributed by atoms with Crippen LogP contribution in [0.1, 0.15) is 34.4 Å². The highest BCUT2D eigenvalue weighted by atomic mass is 19.2. The number of halogens is 2. The van der Waals surface area contributed by atoms with Crippen molar-refractivity contribution < 1.29 is 23.0 Å². The van der Waals surface area contributed by atoms with E-state index >= 15 is 0 Å². The molecule has 228 valence electrons. The average molecular weight is 594 g/mol. The number of carbonyl (C=O) groups excluding carboxylic acids is 1. The summed E-state index contributed by atoms with van der Waals surface area (Å²) in [6.45, 7) is 11.3. The van der Waals surface area contributed by atoms with Gasteiger partial charge in [0.05, 0.1) is 37.3 Å². The number of rotatable bonds is 8. The van der Waals surface area contributed by atoms with E-state index in [-0.39, 0.29) is 6.61 Å². The maximum absolute atomic E-state index is 13.7. The molecule has 5 heterocycles. The monoisotopic (exact) mass is 593 g/mol. The molecule has 2 aliphatic heterocycles. The molecular formula is C31H37F2N7O3. The molecule has 0 saturated carbocycles. The number of carbonyl (C=O) groups is 1. The number of anilines is 1. The van der Waals surface area contributed by atoms with Gasteiger partial charge >= 0.3 is 5.97 Å². The number of ether oxygens (including phenoxy) is 2. The van der Waals surface area contributed by atoms with E-state index in [2.05, 4.69) is 14.7 Å². The van der Waals surface area contributed by atoms with Crippen LogP contribution >= 0.6 is 0 Å². The number of hydrogen-bond donors (Lipinski definition) is 0. The summed E-state index contributed by atoms with van der Waals surface area (Å²) in [6.07, 6.45) is 0.642. The van der Waals surface area contributed by atoms with Gasteiger partial charge in [0.25, 0.3) is 0 Å². The Labute approximate surface area is 249 Å². The lowest BCUT2D eigenvalue weighted by molar-refractivity contribution is 0.0331. The summed E-state index contributed by atoms with van der Waals surface area (Å²) in [4.78, 5) is 35.0. The first-order valence-corrected chi connectivity index (χ1v) is 14.9. The molecule has 6 rings (SSSR count). The second-order valence-electron chi connectivity index (χ2n) is 11.2. The fourth-order valence-electron chi connectivity index (χ4n) is 6.00. The van der Waals surface area contributed by atoms with Crippen molar-refractivity contribution >= 4 is 33.9 Å². The number of nitrogens with zero attached hydrogens (tertiary/aromatic N) is 7. The number of aromatic nitrogens is 4. The summed E-state index contributed by atoms with van der Waals surface area (Å²) in [5, 5.41) is 0.679. The van der Waals surface area contributed by atoms with Gasteiger partial charge in [-0.15, -0.1) is 0 Å². The Bertz CT molecular complexity index is 1650. The molecule has 3 aromatic heterocycles. The molecule has 2 fully saturated rings. The molecule has 0 unspecified atom stereocenters. The molecule has 4 aromatic rings. The van der Waals surface area contributed by atoms with Crippen molar-refractivity contribution in [2.75, 3.05) is 70.5 Å². The minimum Gasteiger partial charge on any atom is -0.462 e. The van der Waals surface area contributed by atoms with Crippen molar-refractivity contribution in [2.45, 2.75) is 26.8 Å². The minimum absolute atomic E-state index is 0.273. The zero-order valence-corrected chi connectivity index (χ0v) is 24.9. The van der Waals surface area contributed by atoms with Crippen LogP contribution in [0.2, 0.25) is 0 Å². The summed E-state index contributed by atoms with van der Waals surface area (Å²) >= 11 is 0. The third kappa shape index (κ3) is 6.04. The van der Waals surface area contributed by atoms with Crippen LogP contribution in [-0.4, -0.2) is 101 Å². The lowest BCUT2D eigenvalue weighted by atomic mass is 10.1. The van der Waals surface area contributed by atoms with Crippen molar-refractivity contribution in [1.29, 1.82) is 0 Å². The first-order chi connectivity index (χ1) is 20.8. The van der Waals surface area contributed by atoms with E-state index in [9.17, 15) is 13.6 Å². The number of pyridine rings is 1. The van der Waals surface area contributed by atoms with Crippen LogP contribution < -0.4 is 4.90 Å². The van der Waals surface area contributed by atoms with Gasteiger partial charge in [0.15, 0.2) is 17.5 Å². The summed E-state index contributed by atoms with van der Waals surface area (Å²) in [7, 11) is 1.94. The molecule has 0 radical (unpaired) electrons. The molecule has 2 saturated heterocycles. The van der Waals surface area contributed by atoms with Gasteiger partial charge in [-0.25, -0.2) is 28.5 Å². The molecule has 0 atom stereocenters. The molecule has 43 heavy (non-hydrogen) atoms. The smallest absolute Gasteiger partial charge is 0.339 e. The topological polar surface area (TPSA) is 88.8 Å². The summed E-state index contributed by atoms with van der Waals surface area (Å²) < 4.78 is 40.0. The Morgan fingerprint density at radius 2 is 1.74 bits per heavy atom. The van der Waals surface area contributed by atoms with Gasteiger partial charge in [-0.05, 0) is 44.0 Å². The number of fused-ring (bicyclic) bond motifs is 3. The highest BCUT2D eigenvalue weighted by Crippen LogP contribution is 2.35. The summed E-state index contributed by atoms with van der Waals surface area (Å²) in [5.74, 6) is -0.520. The maximum atomic E-state index is 13.7. The van der Waals surface area contributed by atoms with Crippen molar-refractivity contribution in [2.24, 2.45) is 7.05 Å². The number of aryl methyl sites for hydroxylation is 2. The second-order valence-corrected chi connectivity index (χ2v) is 11.2. The van der Waals surface area contributed by atoms with E-state index in [0.717, 1.165) is 68.4 Å². The molecule has 1 aromatic carbocycles. The van der Waals surface area contributed by atoms with Crippen molar-refractivity contribution in [1.82, 2.24) is 29.3 Å². The zero-order valence-electron chi connectivity index (χ0n) is 24.9. The Morgan fingerprint density at radius 1 is 0.977 bits per heavy atom. The van der Waals surface area contributed by atoms with Gasteiger partial charge in [-0.2, -0.15) is 0 Å². The van der Waals surface area contributed by atoms with Crippen molar-refractivity contribution in [3.8, 4) is 0 Å². The fourth-order valence-corrected chi connectivity index (χ4v) is 6.00. The maximum Gasteiger partial charge on any atom is 0.339 e. The van der Waals surface area contributed by atoms with Crippen LogP contribution in [0.3, 0.4) is 0 Å². The number of morpholine rings is 1. The molecule has 0 aliphatic carbocycles. The van der Waals surface area contributed by atoms with Gasteiger partial charge in [-0.1, -0.05) is 6.07 Å². The van der Waals surface area contributed by atoms with E-state index in [4.69, 9.17) is 24.4 Å². The lowest BCUT2D eigenvalue weighted by Gasteiger charge is -2.36. The predicted molar refractivity (Wildman–Crippen MR) is 159 cm³/mol. The molecule has 0 bridgehead atoms. The molecule has 2 aliphatic rings. The standard InChI is InChI=1S/C31H37F2N7O3/c1-4-43-31(41)22-17-20(2)34-29-26(22)27-28(37(29)3)30(36-25(35-27)19-39-13-15-42-16-14-39)40-11-9-38(10-12-40)8-7-21-5-6-23(32)24(33)18-21/h5-6,17-18H,4,7-16,19H2,1-3H3. The van der Waals surface area contributed by atoms with Gasteiger partial charge < -0.3 is 18.9 Å². The van der Waals surface area contributed by atoms with E-state index in [1.54, 1.807) is 19.1 Å². The van der Waals surface area contributed by atoms with Crippen LogP contribution in [-0.2, 0) is 29.5 Å². The average Bonchev–Trinajstić information content (AvgIpc) is 3.29. The minimum atomic E-state index is -0.824. The Balaban J connectivity index is 1.34. The fraction of sp³-hybridized carbons (Fsp3) is 0.484. The van der Waals surface area contributed by atoms with Gasteiger partial charge in [0, 0.05) is 58.6 Å². The van der Waals surface area contributed by atoms with E-state index in [0.29, 0.717) is 54.1 Å². The number of esters is 1. The normalized spacial score (nSPS) is 16.8. The predicted octanol–water partition coefficient (Wildman–Crippen LogP) is 3.48.